The van der Waals surface area contributed by atoms with Crippen LogP contribution >= 0.6 is 0 Å². The molecule has 0 bridgehead atoms. The van der Waals surface area contributed by atoms with E-state index in [1.807, 2.05) is 30.3 Å². The van der Waals surface area contributed by atoms with Crippen molar-refractivity contribution >= 4 is 60.9 Å². The first-order chi connectivity index (χ1) is 26.5. The Balaban J connectivity index is 1.10. The number of furan rings is 1. The second-order valence-electron chi connectivity index (χ2n) is 14.7. The zero-order valence-corrected chi connectivity index (χ0v) is 29.9. The van der Waals surface area contributed by atoms with E-state index in [9.17, 15) is 0 Å². The monoisotopic (exact) mass is 694 g/mol. The van der Waals surface area contributed by atoms with Crippen molar-refractivity contribution in [3.63, 3.8) is 0 Å². The van der Waals surface area contributed by atoms with Gasteiger partial charge in [-0.05, 0) is 87.3 Å². The number of anilines is 3. The molecule has 0 fully saturated rings. The number of fused-ring (bicyclic) bond motifs is 9. The summed E-state index contributed by atoms with van der Waals surface area (Å²) in [6, 6.07) is 60.1. The highest BCUT2D eigenvalue weighted by molar-refractivity contribution is 6.13. The van der Waals surface area contributed by atoms with Gasteiger partial charge in [-0.15, -0.1) is 0 Å². The number of nitrogens with zero attached hydrogens (tertiary/aromatic N) is 2. The SMILES string of the molecule is CC1(C)c2ccccc2-c2cccc(N(c3ccc(-c4ccccc4)cc3)c3ccc4c(c3)oc3cccc(-c5nc6ccc7ccccc7c6o5)c34)c21. The second-order valence-corrected chi connectivity index (χ2v) is 14.7. The van der Waals surface area contributed by atoms with Crippen molar-refractivity contribution < 1.29 is 8.83 Å². The number of hydrogen-bond donors (Lipinski definition) is 0. The minimum Gasteiger partial charge on any atom is -0.456 e. The van der Waals surface area contributed by atoms with Crippen LogP contribution in [-0.4, -0.2) is 4.98 Å². The molecule has 4 nitrogen and oxygen atoms in total. The van der Waals surface area contributed by atoms with Crippen LogP contribution in [0.3, 0.4) is 0 Å². The fraction of sp³-hybridized carbons (Fsp3) is 0.0600. The van der Waals surface area contributed by atoms with Crippen LogP contribution in [0.2, 0.25) is 0 Å². The molecule has 0 saturated heterocycles. The quantitative estimate of drug-likeness (QED) is 0.180. The van der Waals surface area contributed by atoms with Gasteiger partial charge in [-0.2, -0.15) is 0 Å². The molecule has 1 aliphatic rings. The zero-order chi connectivity index (χ0) is 36.0. The van der Waals surface area contributed by atoms with E-state index < -0.39 is 0 Å². The van der Waals surface area contributed by atoms with Crippen LogP contribution in [0.5, 0.6) is 0 Å². The van der Waals surface area contributed by atoms with E-state index in [0.29, 0.717) is 5.89 Å². The van der Waals surface area contributed by atoms with Gasteiger partial charge in [-0.25, -0.2) is 4.98 Å². The van der Waals surface area contributed by atoms with Gasteiger partial charge in [0.25, 0.3) is 0 Å². The predicted octanol–water partition coefficient (Wildman–Crippen LogP) is 14.0. The first kappa shape index (κ1) is 30.7. The van der Waals surface area contributed by atoms with Crippen molar-refractivity contribution in [1.82, 2.24) is 4.98 Å². The number of aromatic nitrogens is 1. The summed E-state index contributed by atoms with van der Waals surface area (Å²) in [4.78, 5) is 7.36. The molecular formula is C50H34N2O2. The van der Waals surface area contributed by atoms with Crippen LogP contribution < -0.4 is 4.90 Å². The lowest BCUT2D eigenvalue weighted by Gasteiger charge is -2.32. The largest absolute Gasteiger partial charge is 0.456 e. The van der Waals surface area contributed by atoms with E-state index in [2.05, 4.69) is 158 Å². The van der Waals surface area contributed by atoms with Gasteiger partial charge in [0, 0.05) is 44.6 Å². The molecule has 0 unspecified atom stereocenters. The van der Waals surface area contributed by atoms with E-state index in [0.717, 1.165) is 66.4 Å². The second kappa shape index (κ2) is 11.5. The fourth-order valence-electron chi connectivity index (χ4n) is 8.77. The Bertz CT molecular complexity index is 3080. The van der Waals surface area contributed by atoms with Gasteiger partial charge in [0.1, 0.15) is 16.7 Å². The molecular weight excluding hydrogens is 661 g/mol. The molecule has 11 rings (SSSR count). The first-order valence-corrected chi connectivity index (χ1v) is 18.5. The molecule has 0 spiro atoms. The Labute approximate surface area is 312 Å². The fourth-order valence-corrected chi connectivity index (χ4v) is 8.77. The van der Waals surface area contributed by atoms with Crippen LogP contribution in [0.25, 0.3) is 77.5 Å². The minimum absolute atomic E-state index is 0.200. The van der Waals surface area contributed by atoms with Crippen molar-refractivity contribution in [3.05, 3.63) is 181 Å². The summed E-state index contributed by atoms with van der Waals surface area (Å²) in [6.07, 6.45) is 0. The average Bonchev–Trinajstić information content (AvgIpc) is 3.89. The summed E-state index contributed by atoms with van der Waals surface area (Å²) in [5, 5.41) is 4.19. The molecule has 256 valence electrons. The number of rotatable bonds is 5. The molecule has 0 radical (unpaired) electrons. The van der Waals surface area contributed by atoms with Crippen LogP contribution in [0.15, 0.2) is 179 Å². The van der Waals surface area contributed by atoms with Gasteiger partial charge in [0.05, 0.1) is 5.69 Å². The highest BCUT2D eigenvalue weighted by Crippen LogP contribution is 2.54. The summed E-state index contributed by atoms with van der Waals surface area (Å²) in [5.41, 5.74) is 14.8. The molecule has 0 amide bonds. The molecule has 0 saturated carbocycles. The Morgan fingerprint density at radius 2 is 1.24 bits per heavy atom. The molecule has 4 heteroatoms. The Hall–Kier alpha value is -6.91. The van der Waals surface area contributed by atoms with Gasteiger partial charge >= 0.3 is 0 Å². The maximum atomic E-state index is 6.69. The zero-order valence-electron chi connectivity index (χ0n) is 29.9. The number of benzene rings is 8. The molecule has 2 aromatic heterocycles. The summed E-state index contributed by atoms with van der Waals surface area (Å²) in [7, 11) is 0. The van der Waals surface area contributed by atoms with E-state index in [1.165, 1.54) is 33.4 Å². The lowest BCUT2D eigenvalue weighted by Crippen LogP contribution is -2.20. The third-order valence-electron chi connectivity index (χ3n) is 11.3. The minimum atomic E-state index is -0.200. The highest BCUT2D eigenvalue weighted by Gasteiger charge is 2.38. The molecule has 0 N–H and O–H groups in total. The molecule has 1 aliphatic carbocycles. The lowest BCUT2D eigenvalue weighted by atomic mass is 9.81. The van der Waals surface area contributed by atoms with E-state index >= 15 is 0 Å². The van der Waals surface area contributed by atoms with Gasteiger partial charge in [0.15, 0.2) is 5.58 Å². The summed E-state index contributed by atoms with van der Waals surface area (Å²) >= 11 is 0. The Morgan fingerprint density at radius 1 is 0.519 bits per heavy atom. The van der Waals surface area contributed by atoms with E-state index in [1.54, 1.807) is 0 Å². The summed E-state index contributed by atoms with van der Waals surface area (Å²) in [5.74, 6) is 0.584. The Morgan fingerprint density at radius 3 is 2.13 bits per heavy atom. The lowest BCUT2D eigenvalue weighted by molar-refractivity contribution is 0.623. The molecule has 54 heavy (non-hydrogen) atoms. The standard InChI is InChI=1S/C50H34N2O2/c1-50(2)41-19-9-8-16-37(41)38-17-10-20-43(47(38)50)52(34-25-22-32(23-26-34)31-12-4-3-5-13-31)35-27-28-39-45(30-35)53-44-21-11-18-40(46(39)44)49-51-42-29-24-33-14-6-7-15-36(33)48(42)54-49/h3-30H,1-2H3. The number of oxazole rings is 1. The van der Waals surface area contributed by atoms with Crippen LogP contribution in [0.4, 0.5) is 17.1 Å². The third kappa shape index (κ3) is 4.53. The topological polar surface area (TPSA) is 42.4 Å². The highest BCUT2D eigenvalue weighted by atomic mass is 16.3. The maximum absolute atomic E-state index is 6.69. The van der Waals surface area contributed by atoms with Crippen molar-refractivity contribution in [1.29, 1.82) is 0 Å². The number of hydrogen-bond acceptors (Lipinski definition) is 4. The van der Waals surface area contributed by atoms with E-state index in [-0.39, 0.29) is 5.41 Å². The van der Waals surface area contributed by atoms with Crippen molar-refractivity contribution in [2.75, 3.05) is 4.90 Å². The Kier molecular flexibility index (Phi) is 6.56. The van der Waals surface area contributed by atoms with Crippen molar-refractivity contribution in [2.45, 2.75) is 19.3 Å². The molecule has 0 atom stereocenters. The normalized spacial score (nSPS) is 13.1. The summed E-state index contributed by atoms with van der Waals surface area (Å²) < 4.78 is 13.2. The molecule has 10 aromatic rings. The molecule has 8 aromatic carbocycles. The molecule has 2 heterocycles. The first-order valence-electron chi connectivity index (χ1n) is 18.5. The van der Waals surface area contributed by atoms with E-state index in [4.69, 9.17) is 13.8 Å². The van der Waals surface area contributed by atoms with Gasteiger partial charge in [0.2, 0.25) is 5.89 Å². The van der Waals surface area contributed by atoms with Crippen LogP contribution in [-0.2, 0) is 5.41 Å². The smallest absolute Gasteiger partial charge is 0.228 e. The van der Waals surface area contributed by atoms with Crippen molar-refractivity contribution in [2.24, 2.45) is 0 Å². The van der Waals surface area contributed by atoms with Gasteiger partial charge in [-0.1, -0.05) is 129 Å². The maximum Gasteiger partial charge on any atom is 0.228 e. The summed E-state index contributed by atoms with van der Waals surface area (Å²) in [6.45, 7) is 4.69. The van der Waals surface area contributed by atoms with Gasteiger partial charge < -0.3 is 13.7 Å². The van der Waals surface area contributed by atoms with Gasteiger partial charge in [-0.3, -0.25) is 0 Å². The van der Waals surface area contributed by atoms with Crippen LogP contribution in [0, 0.1) is 0 Å². The molecule has 0 aliphatic heterocycles. The average molecular weight is 695 g/mol. The van der Waals surface area contributed by atoms with Crippen molar-refractivity contribution in [3.8, 4) is 33.7 Å². The third-order valence-corrected chi connectivity index (χ3v) is 11.3. The van der Waals surface area contributed by atoms with Crippen LogP contribution in [0.1, 0.15) is 25.0 Å². The predicted molar refractivity (Wildman–Crippen MR) is 222 cm³/mol.